The summed E-state index contributed by atoms with van der Waals surface area (Å²) in [6.45, 7) is 2.39. The van der Waals surface area contributed by atoms with Gasteiger partial charge in [0.2, 0.25) is 0 Å². The lowest BCUT2D eigenvalue weighted by Crippen LogP contribution is -2.09. The number of ether oxygens (including phenoxy) is 1. The van der Waals surface area contributed by atoms with Crippen LogP contribution in [0.4, 0.5) is 5.82 Å². The van der Waals surface area contributed by atoms with E-state index in [-0.39, 0.29) is 0 Å². The van der Waals surface area contributed by atoms with Gasteiger partial charge >= 0.3 is 0 Å². The van der Waals surface area contributed by atoms with Gasteiger partial charge in [-0.2, -0.15) is 0 Å². The summed E-state index contributed by atoms with van der Waals surface area (Å²) in [6.07, 6.45) is 3.20. The number of para-hydroxylation sites is 1. The third-order valence-electron chi connectivity index (χ3n) is 2.32. The second kappa shape index (κ2) is 5.27. The minimum atomic E-state index is 0.392. The fourth-order valence-corrected chi connectivity index (χ4v) is 1.37. The summed E-state index contributed by atoms with van der Waals surface area (Å²) in [7, 11) is 0. The van der Waals surface area contributed by atoms with Crippen molar-refractivity contribution in [3.8, 4) is 5.75 Å². The van der Waals surface area contributed by atoms with E-state index in [2.05, 4.69) is 15.4 Å². The highest BCUT2D eigenvalue weighted by Gasteiger charge is 2.00. The maximum atomic E-state index is 5.64. The number of nitrogens with zero attached hydrogens (tertiary/aromatic N) is 2. The second-order valence-corrected chi connectivity index (χ2v) is 3.59. The number of hydrazine groups is 1. The largest absolute Gasteiger partial charge is 0.487 e. The molecule has 5 nitrogen and oxygen atoms in total. The number of hydrogen-bond acceptors (Lipinski definition) is 5. The molecule has 0 bridgehead atoms. The lowest BCUT2D eigenvalue weighted by molar-refractivity contribution is 0.299. The molecule has 0 saturated carbocycles. The van der Waals surface area contributed by atoms with Crippen LogP contribution in [0.25, 0.3) is 0 Å². The second-order valence-electron chi connectivity index (χ2n) is 3.59. The van der Waals surface area contributed by atoms with Crippen molar-refractivity contribution < 1.29 is 4.74 Å². The fraction of sp³-hybridized carbons (Fsp3) is 0.167. The standard InChI is InChI=1S/C12H14N4O/c1-9-4-2-3-5-11(9)17-8-10-6-15-12(16-13)7-14-10/h2-7H,8,13H2,1H3,(H,15,16). The topological polar surface area (TPSA) is 73.1 Å². The molecule has 88 valence electrons. The van der Waals surface area contributed by atoms with Gasteiger partial charge in [0, 0.05) is 0 Å². The van der Waals surface area contributed by atoms with Crippen LogP contribution in [0.5, 0.6) is 5.75 Å². The first-order chi connectivity index (χ1) is 8.29. The first kappa shape index (κ1) is 11.3. The maximum Gasteiger partial charge on any atom is 0.158 e. The number of nitrogens with one attached hydrogen (secondary N) is 1. The molecule has 2 aromatic rings. The molecule has 0 aliphatic rings. The van der Waals surface area contributed by atoms with Crippen molar-refractivity contribution in [1.29, 1.82) is 0 Å². The average Bonchev–Trinajstić information content (AvgIpc) is 2.38. The molecule has 5 heteroatoms. The summed E-state index contributed by atoms with van der Waals surface area (Å²) in [6, 6.07) is 7.85. The molecule has 0 unspecified atom stereocenters. The molecule has 3 N–H and O–H groups in total. The molecule has 1 aromatic carbocycles. The quantitative estimate of drug-likeness (QED) is 0.617. The van der Waals surface area contributed by atoms with Gasteiger partial charge in [-0.1, -0.05) is 18.2 Å². The van der Waals surface area contributed by atoms with E-state index in [0.717, 1.165) is 17.0 Å². The third-order valence-corrected chi connectivity index (χ3v) is 2.32. The zero-order valence-electron chi connectivity index (χ0n) is 9.55. The Morgan fingerprint density at radius 1 is 1.24 bits per heavy atom. The van der Waals surface area contributed by atoms with E-state index in [1.165, 1.54) is 0 Å². The first-order valence-electron chi connectivity index (χ1n) is 5.25. The number of rotatable bonds is 4. The molecule has 0 atom stereocenters. The Bertz CT molecular complexity index is 484. The van der Waals surface area contributed by atoms with E-state index in [1.54, 1.807) is 12.4 Å². The molecular formula is C12H14N4O. The lowest BCUT2D eigenvalue weighted by Gasteiger charge is -2.08. The number of hydrogen-bond donors (Lipinski definition) is 2. The summed E-state index contributed by atoms with van der Waals surface area (Å²) in [5.74, 6) is 6.59. The Hall–Kier alpha value is -2.14. The van der Waals surface area contributed by atoms with E-state index >= 15 is 0 Å². The SMILES string of the molecule is Cc1ccccc1OCc1cnc(NN)cn1. The van der Waals surface area contributed by atoms with Gasteiger partial charge in [-0.25, -0.2) is 10.8 Å². The van der Waals surface area contributed by atoms with Crippen LogP contribution in [0.15, 0.2) is 36.7 Å². The number of aryl methyl sites for hydroxylation is 1. The van der Waals surface area contributed by atoms with Crippen LogP contribution in [-0.2, 0) is 6.61 Å². The van der Waals surface area contributed by atoms with Crippen LogP contribution in [0, 0.1) is 6.92 Å². The van der Waals surface area contributed by atoms with E-state index in [4.69, 9.17) is 10.6 Å². The molecule has 2 rings (SSSR count). The van der Waals surface area contributed by atoms with Crippen molar-refractivity contribution in [2.75, 3.05) is 5.43 Å². The Morgan fingerprint density at radius 3 is 2.71 bits per heavy atom. The first-order valence-corrected chi connectivity index (χ1v) is 5.25. The van der Waals surface area contributed by atoms with Crippen molar-refractivity contribution in [3.63, 3.8) is 0 Å². The third kappa shape index (κ3) is 2.92. The number of nitrogens with two attached hydrogens (primary N) is 1. The van der Waals surface area contributed by atoms with E-state index in [1.807, 2.05) is 31.2 Å². The monoisotopic (exact) mass is 230 g/mol. The smallest absolute Gasteiger partial charge is 0.158 e. The zero-order valence-corrected chi connectivity index (χ0v) is 9.55. The number of benzene rings is 1. The van der Waals surface area contributed by atoms with Gasteiger partial charge in [0.15, 0.2) is 5.82 Å². The molecule has 0 amide bonds. The van der Waals surface area contributed by atoms with Gasteiger partial charge in [0.1, 0.15) is 12.4 Å². The predicted molar refractivity (Wildman–Crippen MR) is 65.4 cm³/mol. The van der Waals surface area contributed by atoms with Crippen molar-refractivity contribution in [3.05, 3.63) is 47.9 Å². The molecule has 0 fully saturated rings. The van der Waals surface area contributed by atoms with Crippen molar-refractivity contribution in [1.82, 2.24) is 9.97 Å². The molecule has 0 aliphatic carbocycles. The number of aromatic nitrogens is 2. The van der Waals surface area contributed by atoms with Gasteiger partial charge < -0.3 is 10.2 Å². The number of anilines is 1. The van der Waals surface area contributed by atoms with Crippen LogP contribution in [0.1, 0.15) is 11.3 Å². The molecule has 0 spiro atoms. The molecule has 17 heavy (non-hydrogen) atoms. The van der Waals surface area contributed by atoms with Crippen molar-refractivity contribution in [2.45, 2.75) is 13.5 Å². The summed E-state index contributed by atoms with van der Waals surface area (Å²) >= 11 is 0. The van der Waals surface area contributed by atoms with E-state index in [0.29, 0.717) is 12.4 Å². The Labute approximate surface area is 99.6 Å². The van der Waals surface area contributed by atoms with Crippen LogP contribution < -0.4 is 16.0 Å². The molecule has 1 heterocycles. The minimum absolute atomic E-state index is 0.392. The van der Waals surface area contributed by atoms with Crippen molar-refractivity contribution in [2.24, 2.45) is 5.84 Å². The van der Waals surface area contributed by atoms with Crippen molar-refractivity contribution >= 4 is 5.82 Å². The van der Waals surface area contributed by atoms with Gasteiger partial charge in [0.25, 0.3) is 0 Å². The normalized spacial score (nSPS) is 10.0. The van der Waals surface area contributed by atoms with Gasteiger partial charge in [0.05, 0.1) is 18.1 Å². The highest BCUT2D eigenvalue weighted by atomic mass is 16.5. The average molecular weight is 230 g/mol. The minimum Gasteiger partial charge on any atom is -0.487 e. The lowest BCUT2D eigenvalue weighted by atomic mass is 10.2. The molecular weight excluding hydrogens is 216 g/mol. The highest BCUT2D eigenvalue weighted by Crippen LogP contribution is 2.17. The molecule has 1 aromatic heterocycles. The highest BCUT2D eigenvalue weighted by molar-refractivity contribution is 5.32. The molecule has 0 aliphatic heterocycles. The van der Waals surface area contributed by atoms with Crippen LogP contribution in [-0.4, -0.2) is 9.97 Å². The summed E-state index contributed by atoms with van der Waals surface area (Å²) < 4.78 is 5.64. The summed E-state index contributed by atoms with van der Waals surface area (Å²) in [4.78, 5) is 8.22. The van der Waals surface area contributed by atoms with Gasteiger partial charge in [-0.15, -0.1) is 0 Å². The molecule has 0 saturated heterocycles. The molecule has 0 radical (unpaired) electrons. The Kier molecular flexibility index (Phi) is 3.52. The fourth-order valence-electron chi connectivity index (χ4n) is 1.37. The maximum absolute atomic E-state index is 5.64. The Balaban J connectivity index is 2.00. The van der Waals surface area contributed by atoms with Gasteiger partial charge in [-0.05, 0) is 18.6 Å². The number of nitrogen functional groups attached to an aromatic ring is 1. The Morgan fingerprint density at radius 2 is 2.06 bits per heavy atom. The van der Waals surface area contributed by atoms with Crippen LogP contribution >= 0.6 is 0 Å². The van der Waals surface area contributed by atoms with Crippen LogP contribution in [0.2, 0.25) is 0 Å². The van der Waals surface area contributed by atoms with E-state index in [9.17, 15) is 0 Å². The predicted octanol–water partition coefficient (Wildman–Crippen LogP) is 1.65. The van der Waals surface area contributed by atoms with Crippen LogP contribution in [0.3, 0.4) is 0 Å². The van der Waals surface area contributed by atoms with E-state index < -0.39 is 0 Å². The van der Waals surface area contributed by atoms with Gasteiger partial charge in [-0.3, -0.25) is 4.98 Å². The summed E-state index contributed by atoms with van der Waals surface area (Å²) in [5.41, 5.74) is 4.28. The summed E-state index contributed by atoms with van der Waals surface area (Å²) in [5, 5.41) is 0. The zero-order chi connectivity index (χ0) is 12.1.